The van der Waals surface area contributed by atoms with Crippen molar-refractivity contribution in [1.29, 1.82) is 5.26 Å². The second kappa shape index (κ2) is 5.42. The molecule has 1 heterocycles. The first-order valence-corrected chi connectivity index (χ1v) is 7.03. The predicted octanol–water partition coefficient (Wildman–Crippen LogP) is 3.82. The van der Waals surface area contributed by atoms with Crippen molar-refractivity contribution in [2.24, 2.45) is 0 Å². The molecule has 0 saturated carbocycles. The molecule has 3 nitrogen and oxygen atoms in total. The SMILES string of the molecule is CCC1=CC2=C(CC1)OC(Cc1ccc(C#N)cc1)O2. The second-order valence-corrected chi connectivity index (χ2v) is 5.12. The lowest BCUT2D eigenvalue weighted by Gasteiger charge is -2.11. The van der Waals surface area contributed by atoms with E-state index in [-0.39, 0.29) is 6.29 Å². The zero-order chi connectivity index (χ0) is 13.9. The van der Waals surface area contributed by atoms with Gasteiger partial charge in [0.25, 0.3) is 0 Å². The molecule has 1 aliphatic carbocycles. The highest BCUT2D eigenvalue weighted by Crippen LogP contribution is 2.34. The number of allylic oxidation sites excluding steroid dienone is 3. The molecule has 1 aromatic rings. The van der Waals surface area contributed by atoms with Gasteiger partial charge in [-0.15, -0.1) is 0 Å². The molecule has 0 spiro atoms. The lowest BCUT2D eigenvalue weighted by atomic mass is 10.0. The summed E-state index contributed by atoms with van der Waals surface area (Å²) in [4.78, 5) is 0. The number of hydrogen-bond donors (Lipinski definition) is 0. The quantitative estimate of drug-likeness (QED) is 0.836. The van der Waals surface area contributed by atoms with Crippen LogP contribution in [0.2, 0.25) is 0 Å². The molecule has 3 rings (SSSR count). The van der Waals surface area contributed by atoms with Crippen LogP contribution < -0.4 is 0 Å². The molecule has 0 aromatic heterocycles. The highest BCUT2D eigenvalue weighted by Gasteiger charge is 2.28. The predicted molar refractivity (Wildman–Crippen MR) is 75.5 cm³/mol. The molecule has 3 heteroatoms. The molecule has 0 bridgehead atoms. The van der Waals surface area contributed by atoms with Crippen molar-refractivity contribution in [2.45, 2.75) is 38.9 Å². The largest absolute Gasteiger partial charge is 0.455 e. The van der Waals surface area contributed by atoms with Gasteiger partial charge in [-0.2, -0.15) is 5.26 Å². The van der Waals surface area contributed by atoms with Gasteiger partial charge in [0.2, 0.25) is 6.29 Å². The molecule has 0 fully saturated rings. The van der Waals surface area contributed by atoms with Crippen molar-refractivity contribution in [3.63, 3.8) is 0 Å². The number of ether oxygens (including phenoxy) is 2. The van der Waals surface area contributed by atoms with Crippen LogP contribution in [0.4, 0.5) is 0 Å². The minimum absolute atomic E-state index is 0.236. The molecular formula is C17H17NO2. The summed E-state index contributed by atoms with van der Waals surface area (Å²) >= 11 is 0. The van der Waals surface area contributed by atoms with Gasteiger partial charge in [0.1, 0.15) is 5.76 Å². The van der Waals surface area contributed by atoms with Crippen molar-refractivity contribution in [2.75, 3.05) is 0 Å². The highest BCUT2D eigenvalue weighted by molar-refractivity contribution is 5.32. The lowest BCUT2D eigenvalue weighted by molar-refractivity contribution is -0.0359. The Hall–Kier alpha value is -2.21. The monoisotopic (exact) mass is 267 g/mol. The molecule has 0 saturated heterocycles. The summed E-state index contributed by atoms with van der Waals surface area (Å²) in [5, 5.41) is 8.79. The molecular weight excluding hydrogens is 250 g/mol. The average Bonchev–Trinajstić information content (AvgIpc) is 2.89. The van der Waals surface area contributed by atoms with E-state index >= 15 is 0 Å². The average molecular weight is 267 g/mol. The van der Waals surface area contributed by atoms with E-state index in [0.29, 0.717) is 12.0 Å². The zero-order valence-corrected chi connectivity index (χ0v) is 11.6. The smallest absolute Gasteiger partial charge is 0.245 e. The van der Waals surface area contributed by atoms with Crippen LogP contribution in [0.3, 0.4) is 0 Å². The van der Waals surface area contributed by atoms with E-state index < -0.39 is 0 Å². The van der Waals surface area contributed by atoms with E-state index in [0.717, 1.165) is 36.3 Å². The van der Waals surface area contributed by atoms with E-state index in [1.54, 1.807) is 0 Å². The summed E-state index contributed by atoms with van der Waals surface area (Å²) in [5.41, 5.74) is 3.22. The summed E-state index contributed by atoms with van der Waals surface area (Å²) < 4.78 is 11.7. The van der Waals surface area contributed by atoms with Crippen LogP contribution in [-0.4, -0.2) is 6.29 Å². The van der Waals surface area contributed by atoms with Crippen LogP contribution in [0.25, 0.3) is 0 Å². The van der Waals surface area contributed by atoms with Gasteiger partial charge in [-0.1, -0.05) is 24.6 Å². The molecule has 0 radical (unpaired) electrons. The van der Waals surface area contributed by atoms with E-state index in [1.165, 1.54) is 5.57 Å². The number of hydrogen-bond acceptors (Lipinski definition) is 3. The van der Waals surface area contributed by atoms with Crippen LogP contribution in [0.1, 0.15) is 37.3 Å². The summed E-state index contributed by atoms with van der Waals surface area (Å²) in [6.07, 6.45) is 5.67. The maximum atomic E-state index is 8.79. The fourth-order valence-corrected chi connectivity index (χ4v) is 2.55. The Bertz CT molecular complexity index is 605. The maximum Gasteiger partial charge on any atom is 0.245 e. The third kappa shape index (κ3) is 2.55. The summed E-state index contributed by atoms with van der Waals surface area (Å²) in [6.45, 7) is 2.17. The van der Waals surface area contributed by atoms with Gasteiger partial charge in [-0.25, -0.2) is 0 Å². The molecule has 2 aliphatic rings. The topological polar surface area (TPSA) is 42.2 Å². The standard InChI is InChI=1S/C17H17NO2/c1-2-12-7-8-15-16(9-12)20-17(19-15)10-13-3-5-14(11-18)6-4-13/h3-6,9,17H,2,7-8,10H2,1H3. The Balaban J connectivity index is 1.65. The molecule has 0 N–H and O–H groups in total. The first kappa shape index (κ1) is 12.8. The van der Waals surface area contributed by atoms with E-state index in [1.807, 2.05) is 24.3 Å². The van der Waals surface area contributed by atoms with Crippen molar-refractivity contribution in [1.82, 2.24) is 0 Å². The van der Waals surface area contributed by atoms with Gasteiger partial charge in [-0.05, 0) is 36.6 Å². The molecule has 1 unspecified atom stereocenters. The maximum absolute atomic E-state index is 8.79. The minimum Gasteiger partial charge on any atom is -0.455 e. The first-order valence-electron chi connectivity index (χ1n) is 7.03. The molecule has 1 atom stereocenters. The summed E-state index contributed by atoms with van der Waals surface area (Å²) in [5.74, 6) is 1.90. The normalized spacial score (nSPS) is 20.6. The second-order valence-electron chi connectivity index (χ2n) is 5.12. The van der Waals surface area contributed by atoms with Crippen LogP contribution in [0.5, 0.6) is 0 Å². The van der Waals surface area contributed by atoms with Crippen molar-refractivity contribution >= 4 is 0 Å². The van der Waals surface area contributed by atoms with Crippen LogP contribution in [0, 0.1) is 11.3 Å². The number of nitriles is 1. The molecule has 1 aromatic carbocycles. The number of benzene rings is 1. The third-order valence-electron chi connectivity index (χ3n) is 3.75. The van der Waals surface area contributed by atoms with Gasteiger partial charge in [0.05, 0.1) is 11.6 Å². The van der Waals surface area contributed by atoms with Crippen LogP contribution in [-0.2, 0) is 15.9 Å². The number of rotatable bonds is 3. The van der Waals surface area contributed by atoms with Gasteiger partial charge in [0, 0.05) is 12.8 Å². The summed E-state index contributed by atoms with van der Waals surface area (Å²) in [7, 11) is 0. The van der Waals surface area contributed by atoms with Crippen molar-refractivity contribution in [3.8, 4) is 6.07 Å². The molecule has 0 amide bonds. The summed E-state index contributed by atoms with van der Waals surface area (Å²) in [6, 6.07) is 9.68. The van der Waals surface area contributed by atoms with E-state index in [4.69, 9.17) is 14.7 Å². The Morgan fingerprint density at radius 3 is 2.70 bits per heavy atom. The fraction of sp³-hybridized carbons (Fsp3) is 0.353. The third-order valence-corrected chi connectivity index (χ3v) is 3.75. The molecule has 1 aliphatic heterocycles. The highest BCUT2D eigenvalue weighted by atomic mass is 16.7. The van der Waals surface area contributed by atoms with Crippen molar-refractivity contribution < 1.29 is 9.47 Å². The van der Waals surface area contributed by atoms with Crippen LogP contribution in [0.15, 0.2) is 47.4 Å². The molecule has 20 heavy (non-hydrogen) atoms. The van der Waals surface area contributed by atoms with Gasteiger partial charge >= 0.3 is 0 Å². The Kier molecular flexibility index (Phi) is 3.47. The minimum atomic E-state index is -0.236. The number of nitrogens with zero attached hydrogens (tertiary/aromatic N) is 1. The zero-order valence-electron chi connectivity index (χ0n) is 11.6. The Morgan fingerprint density at radius 1 is 1.20 bits per heavy atom. The van der Waals surface area contributed by atoms with E-state index in [2.05, 4.69) is 19.1 Å². The first-order chi connectivity index (χ1) is 9.78. The van der Waals surface area contributed by atoms with Crippen LogP contribution >= 0.6 is 0 Å². The van der Waals surface area contributed by atoms with Gasteiger partial charge in [-0.3, -0.25) is 0 Å². The Morgan fingerprint density at radius 2 is 2.00 bits per heavy atom. The molecule has 102 valence electrons. The Labute approximate surface area is 119 Å². The van der Waals surface area contributed by atoms with E-state index in [9.17, 15) is 0 Å². The fourth-order valence-electron chi connectivity index (χ4n) is 2.55. The lowest BCUT2D eigenvalue weighted by Crippen LogP contribution is -2.12. The van der Waals surface area contributed by atoms with Gasteiger partial charge < -0.3 is 9.47 Å². The van der Waals surface area contributed by atoms with Gasteiger partial charge in [0.15, 0.2) is 5.76 Å². The van der Waals surface area contributed by atoms with Crippen molar-refractivity contribution in [3.05, 3.63) is 58.6 Å².